The van der Waals surface area contributed by atoms with Crippen LogP contribution < -0.4 is 5.32 Å². The van der Waals surface area contributed by atoms with Crippen molar-refractivity contribution in [3.8, 4) is 0 Å². The summed E-state index contributed by atoms with van der Waals surface area (Å²) in [6.07, 6.45) is 1.06. The highest BCUT2D eigenvalue weighted by atomic mass is 35.5. The molecule has 3 saturated heterocycles. The predicted molar refractivity (Wildman–Crippen MR) is 85.7 cm³/mol. The van der Waals surface area contributed by atoms with Crippen LogP contribution in [0.15, 0.2) is 0 Å². The van der Waals surface area contributed by atoms with Gasteiger partial charge in [-0.25, -0.2) is 0 Å². The van der Waals surface area contributed by atoms with E-state index in [0.29, 0.717) is 17.7 Å². The van der Waals surface area contributed by atoms with E-state index in [4.69, 9.17) is 0 Å². The van der Waals surface area contributed by atoms with Crippen LogP contribution in [0.2, 0.25) is 0 Å². The van der Waals surface area contributed by atoms with Crippen LogP contribution in [-0.2, 0) is 9.59 Å². The number of amides is 2. The monoisotopic (exact) mass is 334 g/mol. The SMILES string of the molecule is Cl.O=C1CSCN1CC(=O)N1CCC(N2CCNCC2)C1. The summed E-state index contributed by atoms with van der Waals surface area (Å²) in [5.41, 5.74) is 0. The lowest BCUT2D eigenvalue weighted by atomic mass is 10.2. The summed E-state index contributed by atoms with van der Waals surface area (Å²) in [6, 6.07) is 0.504. The van der Waals surface area contributed by atoms with E-state index in [0.717, 1.165) is 45.7 Å². The molecular weight excluding hydrogens is 312 g/mol. The first-order chi connectivity index (χ1) is 9.74. The molecule has 3 aliphatic heterocycles. The molecule has 6 nitrogen and oxygen atoms in total. The van der Waals surface area contributed by atoms with E-state index in [1.807, 2.05) is 4.90 Å². The maximum Gasteiger partial charge on any atom is 0.242 e. The first-order valence-corrected chi connectivity index (χ1v) is 8.47. The van der Waals surface area contributed by atoms with Crippen molar-refractivity contribution in [3.05, 3.63) is 0 Å². The molecule has 0 aliphatic carbocycles. The number of likely N-dealkylation sites (tertiary alicyclic amines) is 1. The summed E-state index contributed by atoms with van der Waals surface area (Å²) in [5, 5.41) is 3.36. The van der Waals surface area contributed by atoms with Crippen molar-refractivity contribution in [1.82, 2.24) is 20.0 Å². The van der Waals surface area contributed by atoms with Gasteiger partial charge in [0.25, 0.3) is 0 Å². The van der Waals surface area contributed by atoms with Crippen LogP contribution in [-0.4, -0.2) is 90.0 Å². The van der Waals surface area contributed by atoms with Crippen molar-refractivity contribution >= 4 is 36.0 Å². The second-order valence-corrected chi connectivity index (χ2v) is 6.59. The van der Waals surface area contributed by atoms with Crippen LogP contribution in [0.25, 0.3) is 0 Å². The number of nitrogens with one attached hydrogen (secondary N) is 1. The van der Waals surface area contributed by atoms with Crippen molar-refractivity contribution in [2.45, 2.75) is 12.5 Å². The highest BCUT2D eigenvalue weighted by Crippen LogP contribution is 2.18. The Kier molecular flexibility index (Phi) is 6.16. The van der Waals surface area contributed by atoms with Gasteiger partial charge in [-0.05, 0) is 6.42 Å². The topological polar surface area (TPSA) is 55.9 Å². The summed E-state index contributed by atoms with van der Waals surface area (Å²) in [5.74, 6) is 1.40. The van der Waals surface area contributed by atoms with Gasteiger partial charge < -0.3 is 15.1 Å². The van der Waals surface area contributed by atoms with Crippen molar-refractivity contribution in [2.75, 3.05) is 57.4 Å². The van der Waals surface area contributed by atoms with E-state index in [9.17, 15) is 9.59 Å². The Balaban J connectivity index is 0.00000161. The summed E-state index contributed by atoms with van der Waals surface area (Å²) in [4.78, 5) is 29.9. The molecule has 8 heteroatoms. The highest BCUT2D eigenvalue weighted by molar-refractivity contribution is 8.00. The Morgan fingerprint density at radius 1 is 1.29 bits per heavy atom. The molecule has 3 heterocycles. The van der Waals surface area contributed by atoms with Crippen LogP contribution in [0, 0.1) is 0 Å². The summed E-state index contributed by atoms with van der Waals surface area (Å²) < 4.78 is 0. The average molecular weight is 335 g/mol. The van der Waals surface area contributed by atoms with Crippen LogP contribution in [0.5, 0.6) is 0 Å². The average Bonchev–Trinajstić information content (AvgIpc) is 3.10. The minimum absolute atomic E-state index is 0. The first-order valence-electron chi connectivity index (χ1n) is 7.32. The third-order valence-corrected chi connectivity index (χ3v) is 5.28. The van der Waals surface area contributed by atoms with E-state index in [1.165, 1.54) is 0 Å². The maximum atomic E-state index is 12.3. The molecule has 0 aromatic rings. The number of carbonyl (C=O) groups excluding carboxylic acids is 2. The molecule has 3 rings (SSSR count). The van der Waals surface area contributed by atoms with Crippen LogP contribution in [0.1, 0.15) is 6.42 Å². The molecule has 0 spiro atoms. The number of nitrogens with zero attached hydrogens (tertiary/aromatic N) is 3. The molecule has 0 radical (unpaired) electrons. The van der Waals surface area contributed by atoms with Gasteiger partial charge in [0.15, 0.2) is 0 Å². The zero-order valence-corrected chi connectivity index (χ0v) is 13.8. The van der Waals surface area contributed by atoms with Crippen molar-refractivity contribution in [3.63, 3.8) is 0 Å². The Labute approximate surface area is 136 Å². The van der Waals surface area contributed by atoms with Crippen molar-refractivity contribution in [1.29, 1.82) is 0 Å². The molecule has 0 bridgehead atoms. The van der Waals surface area contributed by atoms with Gasteiger partial charge in [-0.15, -0.1) is 24.2 Å². The number of rotatable bonds is 3. The van der Waals surface area contributed by atoms with E-state index < -0.39 is 0 Å². The molecule has 0 aromatic carbocycles. The molecule has 1 atom stereocenters. The molecular formula is C13H23ClN4O2S. The third-order valence-electron chi connectivity index (χ3n) is 4.34. The summed E-state index contributed by atoms with van der Waals surface area (Å²) in [7, 11) is 0. The molecule has 120 valence electrons. The van der Waals surface area contributed by atoms with Gasteiger partial charge in [0.1, 0.15) is 6.54 Å². The Bertz CT molecular complexity index is 392. The fourth-order valence-electron chi connectivity index (χ4n) is 3.12. The number of hydrogen-bond acceptors (Lipinski definition) is 5. The Hall–Kier alpha value is -0.500. The number of hydrogen-bond donors (Lipinski definition) is 1. The minimum atomic E-state index is 0. The highest BCUT2D eigenvalue weighted by Gasteiger charge is 2.32. The fourth-order valence-corrected chi connectivity index (χ4v) is 4.02. The quantitative estimate of drug-likeness (QED) is 0.750. The number of halogens is 1. The van der Waals surface area contributed by atoms with Crippen LogP contribution in [0.3, 0.4) is 0 Å². The Morgan fingerprint density at radius 3 is 2.71 bits per heavy atom. The molecule has 1 unspecified atom stereocenters. The van der Waals surface area contributed by atoms with Gasteiger partial charge in [-0.3, -0.25) is 14.5 Å². The lowest BCUT2D eigenvalue weighted by Gasteiger charge is -2.32. The molecule has 0 saturated carbocycles. The molecule has 3 fully saturated rings. The lowest BCUT2D eigenvalue weighted by molar-refractivity contribution is -0.137. The molecule has 21 heavy (non-hydrogen) atoms. The van der Waals surface area contributed by atoms with Gasteiger partial charge in [-0.2, -0.15) is 0 Å². The van der Waals surface area contributed by atoms with Crippen molar-refractivity contribution in [2.24, 2.45) is 0 Å². The van der Waals surface area contributed by atoms with E-state index in [1.54, 1.807) is 16.7 Å². The zero-order chi connectivity index (χ0) is 13.9. The van der Waals surface area contributed by atoms with E-state index in [-0.39, 0.29) is 30.8 Å². The predicted octanol–water partition coefficient (Wildman–Crippen LogP) is -0.553. The molecule has 2 amide bonds. The second kappa shape index (κ2) is 7.67. The van der Waals surface area contributed by atoms with Gasteiger partial charge in [-0.1, -0.05) is 0 Å². The van der Waals surface area contributed by atoms with Gasteiger partial charge in [0.2, 0.25) is 11.8 Å². The maximum absolute atomic E-state index is 12.3. The van der Waals surface area contributed by atoms with Gasteiger partial charge >= 0.3 is 0 Å². The number of piperazine rings is 1. The van der Waals surface area contributed by atoms with Crippen LogP contribution >= 0.6 is 24.2 Å². The minimum Gasteiger partial charge on any atom is -0.340 e. The fraction of sp³-hybridized carbons (Fsp3) is 0.846. The van der Waals surface area contributed by atoms with E-state index >= 15 is 0 Å². The van der Waals surface area contributed by atoms with Gasteiger partial charge in [0, 0.05) is 45.3 Å². The normalized spacial score (nSPS) is 27.0. The molecule has 0 aromatic heterocycles. The number of thioether (sulfide) groups is 1. The van der Waals surface area contributed by atoms with E-state index in [2.05, 4.69) is 10.2 Å². The van der Waals surface area contributed by atoms with Gasteiger partial charge in [0.05, 0.1) is 11.6 Å². The largest absolute Gasteiger partial charge is 0.340 e. The first kappa shape index (κ1) is 16.9. The zero-order valence-electron chi connectivity index (χ0n) is 12.1. The lowest BCUT2D eigenvalue weighted by Crippen LogP contribution is -2.49. The second-order valence-electron chi connectivity index (χ2n) is 5.64. The standard InChI is InChI=1S/C13H22N4O2S.ClH/c18-12(8-17-10-20-9-13(17)19)16-4-1-11(7-16)15-5-2-14-3-6-15;/h11,14H,1-10H2;1H. The summed E-state index contributed by atoms with van der Waals surface area (Å²) in [6.45, 7) is 6.17. The molecule has 1 N–H and O–H groups in total. The van der Waals surface area contributed by atoms with Crippen LogP contribution in [0.4, 0.5) is 0 Å². The smallest absolute Gasteiger partial charge is 0.242 e. The number of carbonyl (C=O) groups is 2. The summed E-state index contributed by atoms with van der Waals surface area (Å²) >= 11 is 1.59. The van der Waals surface area contributed by atoms with Crippen molar-refractivity contribution < 1.29 is 9.59 Å². The Morgan fingerprint density at radius 2 is 2.05 bits per heavy atom. The third kappa shape index (κ3) is 4.03. The molecule has 3 aliphatic rings.